The Bertz CT molecular complexity index is 682. The van der Waals surface area contributed by atoms with Crippen molar-refractivity contribution in [3.05, 3.63) is 54.4 Å². The number of nitrogens with zero attached hydrogens (tertiary/aromatic N) is 1. The number of rotatable bonds is 6. The number of hydrogen-bond donors (Lipinski definition) is 2. The van der Waals surface area contributed by atoms with Crippen LogP contribution in [0.15, 0.2) is 48.8 Å². The average molecular weight is 325 g/mol. The highest BCUT2D eigenvalue weighted by Crippen LogP contribution is 2.29. The van der Waals surface area contributed by atoms with Crippen LogP contribution < -0.4 is 11.1 Å². The predicted octanol–water partition coefficient (Wildman–Crippen LogP) is 2.12. The third-order valence-electron chi connectivity index (χ3n) is 4.71. The van der Waals surface area contributed by atoms with Crippen LogP contribution in [0.3, 0.4) is 0 Å². The Morgan fingerprint density at radius 1 is 1.17 bits per heavy atom. The SMILES string of the molecule is NC(=O)C1(CNCc2cccc(-c3ccncc3)c2)CCOCC1. The summed E-state index contributed by atoms with van der Waals surface area (Å²) in [6.45, 7) is 2.49. The minimum atomic E-state index is -0.485. The first-order valence-electron chi connectivity index (χ1n) is 8.27. The van der Waals surface area contributed by atoms with Crippen molar-refractivity contribution in [2.45, 2.75) is 19.4 Å². The maximum absolute atomic E-state index is 11.9. The zero-order valence-corrected chi connectivity index (χ0v) is 13.7. The fourth-order valence-electron chi connectivity index (χ4n) is 3.12. The minimum Gasteiger partial charge on any atom is -0.381 e. The van der Waals surface area contributed by atoms with Crippen molar-refractivity contribution in [3.63, 3.8) is 0 Å². The molecule has 1 fully saturated rings. The molecule has 0 aliphatic carbocycles. The molecule has 1 saturated heterocycles. The van der Waals surface area contributed by atoms with Gasteiger partial charge in [0.25, 0.3) is 0 Å². The van der Waals surface area contributed by atoms with Gasteiger partial charge in [-0.2, -0.15) is 0 Å². The number of amides is 1. The lowest BCUT2D eigenvalue weighted by atomic mass is 9.79. The van der Waals surface area contributed by atoms with E-state index in [4.69, 9.17) is 10.5 Å². The Morgan fingerprint density at radius 2 is 1.92 bits per heavy atom. The van der Waals surface area contributed by atoms with Crippen LogP contribution in [0.2, 0.25) is 0 Å². The van der Waals surface area contributed by atoms with Crippen LogP contribution in [-0.4, -0.2) is 30.6 Å². The van der Waals surface area contributed by atoms with Gasteiger partial charge in [0, 0.05) is 38.7 Å². The second-order valence-electron chi connectivity index (χ2n) is 6.30. The number of pyridine rings is 1. The van der Waals surface area contributed by atoms with E-state index in [9.17, 15) is 4.79 Å². The second kappa shape index (κ2) is 7.55. The van der Waals surface area contributed by atoms with E-state index < -0.39 is 5.41 Å². The number of ether oxygens (including phenoxy) is 1. The van der Waals surface area contributed by atoms with Crippen molar-refractivity contribution in [2.24, 2.45) is 11.1 Å². The minimum absolute atomic E-state index is 0.233. The Kier molecular flexibility index (Phi) is 5.23. The highest BCUT2D eigenvalue weighted by Gasteiger charge is 2.37. The van der Waals surface area contributed by atoms with Gasteiger partial charge in [0.2, 0.25) is 5.91 Å². The average Bonchev–Trinajstić information content (AvgIpc) is 2.63. The number of aromatic nitrogens is 1. The first kappa shape index (κ1) is 16.6. The second-order valence-corrected chi connectivity index (χ2v) is 6.30. The van der Waals surface area contributed by atoms with E-state index in [0.29, 0.717) is 39.1 Å². The molecule has 0 bridgehead atoms. The number of primary amides is 1. The molecule has 1 aliphatic rings. The topological polar surface area (TPSA) is 77.2 Å². The lowest BCUT2D eigenvalue weighted by molar-refractivity contribution is -0.132. The van der Waals surface area contributed by atoms with Crippen molar-refractivity contribution in [3.8, 4) is 11.1 Å². The van der Waals surface area contributed by atoms with Crippen LogP contribution >= 0.6 is 0 Å². The molecule has 1 aromatic carbocycles. The van der Waals surface area contributed by atoms with Crippen molar-refractivity contribution in [1.82, 2.24) is 10.3 Å². The fourth-order valence-corrected chi connectivity index (χ4v) is 3.12. The molecule has 1 aliphatic heterocycles. The summed E-state index contributed by atoms with van der Waals surface area (Å²) in [5.41, 5.74) is 8.64. The van der Waals surface area contributed by atoms with E-state index in [-0.39, 0.29) is 5.91 Å². The van der Waals surface area contributed by atoms with Gasteiger partial charge in [-0.25, -0.2) is 0 Å². The van der Waals surface area contributed by atoms with Gasteiger partial charge in [0.1, 0.15) is 0 Å². The van der Waals surface area contributed by atoms with Gasteiger partial charge < -0.3 is 15.8 Å². The van der Waals surface area contributed by atoms with Crippen LogP contribution in [0.25, 0.3) is 11.1 Å². The highest BCUT2D eigenvalue weighted by atomic mass is 16.5. The maximum Gasteiger partial charge on any atom is 0.225 e. The molecule has 24 heavy (non-hydrogen) atoms. The number of nitrogens with one attached hydrogen (secondary N) is 1. The van der Waals surface area contributed by atoms with Crippen molar-refractivity contribution < 1.29 is 9.53 Å². The van der Waals surface area contributed by atoms with Crippen LogP contribution in [0, 0.1) is 5.41 Å². The summed E-state index contributed by atoms with van der Waals surface area (Å²) in [4.78, 5) is 15.9. The molecular weight excluding hydrogens is 302 g/mol. The molecule has 1 aromatic heterocycles. The zero-order valence-electron chi connectivity index (χ0n) is 13.7. The highest BCUT2D eigenvalue weighted by molar-refractivity contribution is 5.81. The van der Waals surface area contributed by atoms with Crippen LogP contribution in [0.1, 0.15) is 18.4 Å². The molecule has 5 heteroatoms. The van der Waals surface area contributed by atoms with E-state index in [0.717, 1.165) is 11.1 Å². The Morgan fingerprint density at radius 3 is 2.62 bits per heavy atom. The summed E-state index contributed by atoms with van der Waals surface area (Å²) in [5.74, 6) is -0.233. The van der Waals surface area contributed by atoms with Gasteiger partial charge in [-0.1, -0.05) is 18.2 Å². The number of carbonyl (C=O) groups is 1. The normalized spacial score (nSPS) is 16.7. The molecular formula is C19H23N3O2. The van der Waals surface area contributed by atoms with Crippen molar-refractivity contribution >= 4 is 5.91 Å². The largest absolute Gasteiger partial charge is 0.381 e. The molecule has 1 amide bonds. The maximum atomic E-state index is 11.9. The van der Waals surface area contributed by atoms with Gasteiger partial charge in [-0.05, 0) is 47.7 Å². The van der Waals surface area contributed by atoms with E-state index in [1.165, 1.54) is 5.56 Å². The number of carbonyl (C=O) groups excluding carboxylic acids is 1. The summed E-state index contributed by atoms with van der Waals surface area (Å²) < 4.78 is 5.36. The summed E-state index contributed by atoms with van der Waals surface area (Å²) >= 11 is 0. The van der Waals surface area contributed by atoms with Crippen LogP contribution in [0.4, 0.5) is 0 Å². The first-order valence-corrected chi connectivity index (χ1v) is 8.27. The van der Waals surface area contributed by atoms with Gasteiger partial charge in [-0.15, -0.1) is 0 Å². The molecule has 2 aromatic rings. The fraction of sp³-hybridized carbons (Fsp3) is 0.368. The van der Waals surface area contributed by atoms with E-state index in [2.05, 4.69) is 28.5 Å². The zero-order chi connectivity index (χ0) is 16.8. The van der Waals surface area contributed by atoms with E-state index >= 15 is 0 Å². The van der Waals surface area contributed by atoms with Crippen molar-refractivity contribution in [1.29, 1.82) is 0 Å². The van der Waals surface area contributed by atoms with E-state index in [1.807, 2.05) is 18.2 Å². The third kappa shape index (κ3) is 3.80. The van der Waals surface area contributed by atoms with Gasteiger partial charge in [0.15, 0.2) is 0 Å². The van der Waals surface area contributed by atoms with Gasteiger partial charge >= 0.3 is 0 Å². The summed E-state index contributed by atoms with van der Waals surface area (Å²) in [5, 5.41) is 3.40. The Balaban J connectivity index is 1.63. The van der Waals surface area contributed by atoms with Gasteiger partial charge in [0.05, 0.1) is 5.41 Å². The molecule has 3 rings (SSSR count). The quantitative estimate of drug-likeness (QED) is 0.853. The summed E-state index contributed by atoms with van der Waals surface area (Å²) in [6, 6.07) is 12.4. The molecule has 126 valence electrons. The van der Waals surface area contributed by atoms with Gasteiger partial charge in [-0.3, -0.25) is 9.78 Å². The lowest BCUT2D eigenvalue weighted by Crippen LogP contribution is -2.48. The number of benzene rings is 1. The molecule has 2 heterocycles. The third-order valence-corrected chi connectivity index (χ3v) is 4.71. The van der Waals surface area contributed by atoms with Crippen molar-refractivity contribution in [2.75, 3.05) is 19.8 Å². The Hall–Kier alpha value is -2.24. The first-order chi connectivity index (χ1) is 11.7. The molecule has 0 unspecified atom stereocenters. The molecule has 3 N–H and O–H groups in total. The smallest absolute Gasteiger partial charge is 0.225 e. The molecule has 5 nitrogen and oxygen atoms in total. The number of nitrogens with two attached hydrogens (primary N) is 1. The predicted molar refractivity (Wildman–Crippen MR) is 93.1 cm³/mol. The lowest BCUT2D eigenvalue weighted by Gasteiger charge is -2.34. The molecule has 0 atom stereocenters. The molecule has 0 spiro atoms. The summed E-state index contributed by atoms with van der Waals surface area (Å²) in [6.07, 6.45) is 4.96. The van der Waals surface area contributed by atoms with E-state index in [1.54, 1.807) is 12.4 Å². The van der Waals surface area contributed by atoms with Crippen LogP contribution in [0.5, 0.6) is 0 Å². The summed E-state index contributed by atoms with van der Waals surface area (Å²) in [7, 11) is 0. The van der Waals surface area contributed by atoms with Crippen LogP contribution in [-0.2, 0) is 16.1 Å². The molecule has 0 radical (unpaired) electrons. The number of hydrogen-bond acceptors (Lipinski definition) is 4. The molecule has 0 saturated carbocycles. The monoisotopic (exact) mass is 325 g/mol. The standard InChI is InChI=1S/C19H23N3O2/c20-18(23)19(6-10-24-11-7-19)14-22-13-15-2-1-3-17(12-15)16-4-8-21-9-5-16/h1-5,8-9,12,22H,6-7,10-11,13-14H2,(H2,20,23). The Labute approximate surface area is 142 Å².